The molecule has 4 nitrogen and oxygen atoms in total. The zero-order chi connectivity index (χ0) is 22.9. The van der Waals surface area contributed by atoms with Gasteiger partial charge in [-0.25, -0.2) is 4.98 Å². The van der Waals surface area contributed by atoms with Crippen LogP contribution in [0, 0.1) is 0 Å². The Morgan fingerprint density at radius 3 is 1.79 bits per heavy atom. The van der Waals surface area contributed by atoms with E-state index in [1.165, 1.54) is 11.1 Å². The number of anilines is 3. The van der Waals surface area contributed by atoms with E-state index in [9.17, 15) is 0 Å². The van der Waals surface area contributed by atoms with Gasteiger partial charge in [0.05, 0.1) is 11.4 Å². The topological polar surface area (TPSA) is 41.9 Å². The summed E-state index contributed by atoms with van der Waals surface area (Å²) >= 11 is 3.65. The van der Waals surface area contributed by atoms with Crippen molar-refractivity contribution in [3.8, 4) is 22.8 Å². The van der Waals surface area contributed by atoms with Gasteiger partial charge in [-0.2, -0.15) is 9.97 Å². The van der Waals surface area contributed by atoms with Crippen LogP contribution in [-0.4, -0.2) is 15.0 Å². The predicted octanol–water partition coefficient (Wildman–Crippen LogP) is 7.54. The molecule has 0 unspecified atom stereocenters. The van der Waals surface area contributed by atoms with Crippen molar-refractivity contribution >= 4 is 33.3 Å². The molecule has 1 aromatic heterocycles. The maximum atomic E-state index is 5.01. The van der Waals surface area contributed by atoms with Crippen molar-refractivity contribution in [3.63, 3.8) is 0 Å². The van der Waals surface area contributed by atoms with Gasteiger partial charge in [-0.15, -0.1) is 0 Å². The number of hydrogen-bond donors (Lipinski definition) is 0. The smallest absolute Gasteiger partial charge is 0.238 e. The van der Waals surface area contributed by atoms with Crippen LogP contribution in [0.1, 0.15) is 11.1 Å². The lowest BCUT2D eigenvalue weighted by atomic mass is 10.0. The molecular weight excluding hydrogens is 484 g/mol. The maximum Gasteiger partial charge on any atom is 0.238 e. The monoisotopic (exact) mass is 504 g/mol. The Labute approximate surface area is 207 Å². The van der Waals surface area contributed by atoms with Gasteiger partial charge in [-0.1, -0.05) is 94.8 Å². The normalized spacial score (nSPS) is 12.6. The average Bonchev–Trinajstić information content (AvgIpc) is 3.06. The molecule has 0 aliphatic carbocycles. The molecule has 5 aromatic rings. The Kier molecular flexibility index (Phi) is 5.40. The van der Waals surface area contributed by atoms with Crippen LogP contribution in [-0.2, 0) is 12.8 Å². The number of benzene rings is 4. The van der Waals surface area contributed by atoms with Gasteiger partial charge in [0.25, 0.3) is 0 Å². The van der Waals surface area contributed by atoms with Crippen LogP contribution in [0.5, 0.6) is 0 Å². The van der Waals surface area contributed by atoms with Crippen LogP contribution >= 0.6 is 15.9 Å². The molecule has 0 fully saturated rings. The van der Waals surface area contributed by atoms with Crippen molar-refractivity contribution in [1.29, 1.82) is 0 Å². The minimum Gasteiger partial charge on any atom is -0.279 e. The molecule has 164 valence electrons. The zero-order valence-electron chi connectivity index (χ0n) is 18.4. The van der Waals surface area contributed by atoms with Crippen molar-refractivity contribution in [1.82, 2.24) is 15.0 Å². The highest BCUT2D eigenvalue weighted by Crippen LogP contribution is 2.41. The Balaban J connectivity index is 1.63. The van der Waals surface area contributed by atoms with E-state index >= 15 is 0 Å². The Hall–Kier alpha value is -3.83. The number of aromatic nitrogens is 3. The standard InChI is InChI=1S/C29H21BrN4/c30-24-17-18-26-23(19-24)16-15-20-9-7-8-14-25(20)34(26)29-32-27(21-10-3-1-4-11-21)31-28(33-29)22-12-5-2-6-13-22/h1-14,17-19H,15-16H2. The van der Waals surface area contributed by atoms with Gasteiger partial charge < -0.3 is 0 Å². The molecule has 34 heavy (non-hydrogen) atoms. The van der Waals surface area contributed by atoms with E-state index in [4.69, 9.17) is 15.0 Å². The highest BCUT2D eigenvalue weighted by atomic mass is 79.9. The second-order valence-corrected chi connectivity index (χ2v) is 9.17. The van der Waals surface area contributed by atoms with Crippen molar-refractivity contribution < 1.29 is 0 Å². The molecule has 0 saturated carbocycles. The quantitative estimate of drug-likeness (QED) is 0.254. The van der Waals surface area contributed by atoms with Crippen molar-refractivity contribution in [2.75, 3.05) is 4.90 Å². The fourth-order valence-corrected chi connectivity index (χ4v) is 4.83. The van der Waals surface area contributed by atoms with Crippen LogP contribution in [0.3, 0.4) is 0 Å². The molecule has 0 radical (unpaired) electrons. The fraction of sp³-hybridized carbons (Fsp3) is 0.0690. The zero-order valence-corrected chi connectivity index (χ0v) is 20.0. The summed E-state index contributed by atoms with van der Waals surface area (Å²) in [6, 6.07) is 35.1. The third-order valence-electron chi connectivity index (χ3n) is 6.07. The molecule has 0 N–H and O–H groups in total. The number of rotatable bonds is 3. The molecule has 0 amide bonds. The maximum absolute atomic E-state index is 5.01. The number of fused-ring (bicyclic) bond motifs is 2. The second kappa shape index (κ2) is 8.84. The van der Waals surface area contributed by atoms with Gasteiger partial charge in [0, 0.05) is 15.6 Å². The van der Waals surface area contributed by atoms with Crippen LogP contribution < -0.4 is 4.90 Å². The van der Waals surface area contributed by atoms with Crippen LogP contribution in [0.15, 0.2) is 108 Å². The first-order valence-corrected chi connectivity index (χ1v) is 12.1. The summed E-state index contributed by atoms with van der Waals surface area (Å²) in [4.78, 5) is 17.1. The summed E-state index contributed by atoms with van der Waals surface area (Å²) in [7, 11) is 0. The highest BCUT2D eigenvalue weighted by molar-refractivity contribution is 9.10. The molecular formula is C29H21BrN4. The molecule has 2 heterocycles. The van der Waals surface area contributed by atoms with Gasteiger partial charge in [0.2, 0.25) is 5.95 Å². The molecule has 4 aromatic carbocycles. The third-order valence-corrected chi connectivity index (χ3v) is 6.56. The van der Waals surface area contributed by atoms with E-state index < -0.39 is 0 Å². The van der Waals surface area contributed by atoms with Crippen molar-refractivity contribution in [3.05, 3.63) is 119 Å². The van der Waals surface area contributed by atoms with E-state index in [-0.39, 0.29) is 0 Å². The van der Waals surface area contributed by atoms with Gasteiger partial charge in [0.1, 0.15) is 0 Å². The number of hydrogen-bond acceptors (Lipinski definition) is 4. The fourth-order valence-electron chi connectivity index (χ4n) is 4.42. The lowest BCUT2D eigenvalue weighted by molar-refractivity contribution is 0.976. The molecule has 5 heteroatoms. The van der Waals surface area contributed by atoms with Crippen LogP contribution in [0.2, 0.25) is 0 Å². The second-order valence-electron chi connectivity index (χ2n) is 8.25. The molecule has 1 aliphatic rings. The van der Waals surface area contributed by atoms with Crippen LogP contribution in [0.25, 0.3) is 22.8 Å². The first-order valence-electron chi connectivity index (χ1n) is 11.3. The third kappa shape index (κ3) is 3.88. The lowest BCUT2D eigenvalue weighted by Crippen LogP contribution is -2.16. The van der Waals surface area contributed by atoms with Crippen molar-refractivity contribution in [2.24, 2.45) is 0 Å². The largest absolute Gasteiger partial charge is 0.279 e. The van der Waals surface area contributed by atoms with E-state index in [1.54, 1.807) is 0 Å². The number of nitrogens with zero attached hydrogens (tertiary/aromatic N) is 4. The Bertz CT molecular complexity index is 1410. The average molecular weight is 505 g/mol. The summed E-state index contributed by atoms with van der Waals surface area (Å²) in [5, 5.41) is 0. The van der Waals surface area contributed by atoms with Gasteiger partial charge in [-0.05, 0) is 48.2 Å². The lowest BCUT2D eigenvalue weighted by Gasteiger charge is -2.25. The van der Waals surface area contributed by atoms with Gasteiger partial charge >= 0.3 is 0 Å². The molecule has 1 aliphatic heterocycles. The minimum atomic E-state index is 0.616. The summed E-state index contributed by atoms with van der Waals surface area (Å²) in [5.74, 6) is 1.93. The number of aryl methyl sites for hydroxylation is 2. The molecule has 6 rings (SSSR count). The van der Waals surface area contributed by atoms with Crippen molar-refractivity contribution in [2.45, 2.75) is 12.8 Å². The molecule has 0 spiro atoms. The minimum absolute atomic E-state index is 0.616. The van der Waals surface area contributed by atoms with Gasteiger partial charge in [0.15, 0.2) is 11.6 Å². The van der Waals surface area contributed by atoms with E-state index in [1.807, 2.05) is 60.7 Å². The summed E-state index contributed by atoms with van der Waals surface area (Å²) in [6.07, 6.45) is 1.91. The molecule has 0 saturated heterocycles. The number of halogens is 1. The van der Waals surface area contributed by atoms with E-state index in [2.05, 4.69) is 63.3 Å². The Morgan fingerprint density at radius 2 is 1.12 bits per heavy atom. The first-order chi connectivity index (χ1) is 16.8. The summed E-state index contributed by atoms with van der Waals surface area (Å²) in [5.41, 5.74) is 6.65. The molecule has 0 bridgehead atoms. The summed E-state index contributed by atoms with van der Waals surface area (Å²) < 4.78 is 1.07. The van der Waals surface area contributed by atoms with E-state index in [0.717, 1.165) is 39.8 Å². The molecule has 0 atom stereocenters. The van der Waals surface area contributed by atoms with Crippen LogP contribution in [0.4, 0.5) is 17.3 Å². The predicted molar refractivity (Wildman–Crippen MR) is 140 cm³/mol. The highest BCUT2D eigenvalue weighted by Gasteiger charge is 2.25. The number of para-hydroxylation sites is 1. The van der Waals surface area contributed by atoms with E-state index in [0.29, 0.717) is 17.6 Å². The first kappa shape index (κ1) is 20.8. The Morgan fingerprint density at radius 1 is 0.559 bits per heavy atom. The summed E-state index contributed by atoms with van der Waals surface area (Å²) in [6.45, 7) is 0. The van der Waals surface area contributed by atoms with Gasteiger partial charge in [-0.3, -0.25) is 4.90 Å². The SMILES string of the molecule is Brc1ccc2c(c1)CCc1ccccc1N2c1nc(-c2ccccc2)nc(-c2ccccc2)n1.